The number of esters is 1. The van der Waals surface area contributed by atoms with E-state index in [0.717, 1.165) is 12.8 Å². The number of carboxylic acids is 1. The highest BCUT2D eigenvalue weighted by Crippen LogP contribution is 2.31. The fraction of sp³-hybridized carbons (Fsp3) is 0.462. The van der Waals surface area contributed by atoms with Crippen LogP contribution in [-0.2, 0) is 9.53 Å². The van der Waals surface area contributed by atoms with Gasteiger partial charge in [-0.3, -0.25) is 4.79 Å². The van der Waals surface area contributed by atoms with Gasteiger partial charge in [0.2, 0.25) is 0 Å². The minimum Gasteiger partial charge on any atom is -0.481 e. The van der Waals surface area contributed by atoms with Crippen LogP contribution in [0.15, 0.2) is 18.3 Å². The number of hydrogen-bond acceptors (Lipinski definition) is 5. The summed E-state index contributed by atoms with van der Waals surface area (Å²) in [5.74, 6) is -0.626. The molecule has 1 saturated carbocycles. The molecule has 2 rings (SSSR count). The molecule has 1 aromatic rings. The predicted octanol–water partition coefficient (Wildman–Crippen LogP) is 1.31. The van der Waals surface area contributed by atoms with E-state index in [1.165, 1.54) is 13.3 Å². The molecule has 1 heterocycles. The Balaban J connectivity index is 2.16. The standard InChI is InChI=1S/C13H16N2O4/c1-19-13(18)9-4-6-14-11(8-9)15(10-2-3-10)7-5-12(16)17/h4,6,8,10H,2-3,5,7H2,1H3,(H,16,17). The fourth-order valence-corrected chi connectivity index (χ4v) is 1.91. The van der Waals surface area contributed by atoms with E-state index in [4.69, 9.17) is 5.11 Å². The zero-order valence-corrected chi connectivity index (χ0v) is 10.7. The quantitative estimate of drug-likeness (QED) is 0.780. The first kappa shape index (κ1) is 13.3. The van der Waals surface area contributed by atoms with E-state index in [1.807, 2.05) is 4.90 Å². The molecule has 1 aliphatic carbocycles. The van der Waals surface area contributed by atoms with E-state index < -0.39 is 11.9 Å². The van der Waals surface area contributed by atoms with E-state index in [0.29, 0.717) is 24.0 Å². The van der Waals surface area contributed by atoms with E-state index in [-0.39, 0.29) is 6.42 Å². The van der Waals surface area contributed by atoms with Gasteiger partial charge in [0, 0.05) is 18.8 Å². The van der Waals surface area contributed by atoms with E-state index in [9.17, 15) is 9.59 Å². The van der Waals surface area contributed by atoms with Crippen LogP contribution in [-0.4, -0.2) is 41.7 Å². The Hall–Kier alpha value is -2.11. The minimum atomic E-state index is -0.838. The molecule has 0 radical (unpaired) electrons. The average molecular weight is 264 g/mol. The molecule has 1 aliphatic rings. The Kier molecular flexibility index (Phi) is 3.99. The summed E-state index contributed by atoms with van der Waals surface area (Å²) >= 11 is 0. The van der Waals surface area contributed by atoms with Crippen LogP contribution in [0.3, 0.4) is 0 Å². The van der Waals surface area contributed by atoms with Crippen molar-refractivity contribution >= 4 is 17.8 Å². The first-order valence-corrected chi connectivity index (χ1v) is 6.14. The molecule has 6 heteroatoms. The lowest BCUT2D eigenvalue weighted by Gasteiger charge is -2.22. The number of methoxy groups -OCH3 is 1. The van der Waals surface area contributed by atoms with Crippen LogP contribution < -0.4 is 4.90 Å². The van der Waals surface area contributed by atoms with Gasteiger partial charge in [-0.2, -0.15) is 0 Å². The molecule has 0 aliphatic heterocycles. The van der Waals surface area contributed by atoms with Crippen LogP contribution in [0.5, 0.6) is 0 Å². The molecule has 0 saturated heterocycles. The fourth-order valence-electron chi connectivity index (χ4n) is 1.91. The topological polar surface area (TPSA) is 79.7 Å². The zero-order chi connectivity index (χ0) is 13.8. The second kappa shape index (κ2) is 5.69. The maximum absolute atomic E-state index is 11.5. The molecule has 0 unspecified atom stereocenters. The molecule has 1 aromatic heterocycles. The van der Waals surface area contributed by atoms with Crippen LogP contribution in [0.2, 0.25) is 0 Å². The number of hydrogen-bond donors (Lipinski definition) is 1. The summed E-state index contributed by atoms with van der Waals surface area (Å²) < 4.78 is 4.67. The predicted molar refractivity (Wildman–Crippen MR) is 68.2 cm³/mol. The van der Waals surface area contributed by atoms with Gasteiger partial charge in [0.15, 0.2) is 0 Å². The third-order valence-corrected chi connectivity index (χ3v) is 3.02. The lowest BCUT2D eigenvalue weighted by Crippen LogP contribution is -2.29. The van der Waals surface area contributed by atoms with Gasteiger partial charge in [-0.15, -0.1) is 0 Å². The summed E-state index contributed by atoms with van der Waals surface area (Å²) in [6, 6.07) is 3.56. The van der Waals surface area contributed by atoms with Crippen molar-refractivity contribution in [2.24, 2.45) is 0 Å². The van der Waals surface area contributed by atoms with Gasteiger partial charge < -0.3 is 14.7 Å². The number of rotatable bonds is 6. The highest BCUT2D eigenvalue weighted by Gasteiger charge is 2.30. The van der Waals surface area contributed by atoms with Crippen LogP contribution in [0.25, 0.3) is 0 Å². The van der Waals surface area contributed by atoms with E-state index >= 15 is 0 Å². The Labute approximate surface area is 111 Å². The van der Waals surface area contributed by atoms with E-state index in [2.05, 4.69) is 9.72 Å². The maximum Gasteiger partial charge on any atom is 0.338 e. The van der Waals surface area contributed by atoms with Crippen LogP contribution in [0, 0.1) is 0 Å². The Morgan fingerprint density at radius 1 is 1.53 bits per heavy atom. The molecular weight excluding hydrogens is 248 g/mol. The first-order chi connectivity index (χ1) is 9.11. The highest BCUT2D eigenvalue weighted by molar-refractivity contribution is 5.90. The molecule has 0 spiro atoms. The van der Waals surface area contributed by atoms with Crippen molar-refractivity contribution in [2.75, 3.05) is 18.6 Å². The highest BCUT2D eigenvalue weighted by atomic mass is 16.5. The monoisotopic (exact) mass is 264 g/mol. The average Bonchev–Trinajstić information content (AvgIpc) is 3.23. The molecule has 1 N–H and O–H groups in total. The number of aliphatic carboxylic acids is 1. The van der Waals surface area contributed by atoms with Crippen molar-refractivity contribution < 1.29 is 19.4 Å². The summed E-state index contributed by atoms with van der Waals surface area (Å²) in [6.07, 6.45) is 3.66. The summed E-state index contributed by atoms with van der Waals surface area (Å²) in [4.78, 5) is 28.3. The molecule has 1 fully saturated rings. The van der Waals surface area contributed by atoms with Gasteiger partial charge in [-0.05, 0) is 25.0 Å². The molecule has 6 nitrogen and oxygen atoms in total. The van der Waals surface area contributed by atoms with Crippen LogP contribution in [0.1, 0.15) is 29.6 Å². The van der Waals surface area contributed by atoms with Crippen molar-refractivity contribution in [3.05, 3.63) is 23.9 Å². The molecule has 19 heavy (non-hydrogen) atoms. The zero-order valence-electron chi connectivity index (χ0n) is 10.7. The maximum atomic E-state index is 11.5. The Morgan fingerprint density at radius 2 is 2.26 bits per heavy atom. The summed E-state index contributed by atoms with van der Waals surface area (Å²) in [5, 5.41) is 8.77. The Bertz CT molecular complexity index is 485. The second-order valence-electron chi connectivity index (χ2n) is 4.46. The van der Waals surface area contributed by atoms with Crippen molar-refractivity contribution in [1.29, 1.82) is 0 Å². The van der Waals surface area contributed by atoms with Gasteiger partial charge in [-0.1, -0.05) is 0 Å². The van der Waals surface area contributed by atoms with Gasteiger partial charge in [-0.25, -0.2) is 9.78 Å². The Morgan fingerprint density at radius 3 is 2.84 bits per heavy atom. The SMILES string of the molecule is COC(=O)c1ccnc(N(CCC(=O)O)C2CC2)c1. The van der Waals surface area contributed by atoms with Gasteiger partial charge in [0.05, 0.1) is 19.1 Å². The van der Waals surface area contributed by atoms with Crippen LogP contribution in [0.4, 0.5) is 5.82 Å². The second-order valence-corrected chi connectivity index (χ2v) is 4.46. The molecule has 102 valence electrons. The number of ether oxygens (including phenoxy) is 1. The number of nitrogens with zero attached hydrogens (tertiary/aromatic N) is 2. The van der Waals surface area contributed by atoms with Gasteiger partial charge in [0.1, 0.15) is 5.82 Å². The lowest BCUT2D eigenvalue weighted by atomic mass is 10.2. The number of aromatic nitrogens is 1. The van der Waals surface area contributed by atoms with Gasteiger partial charge >= 0.3 is 11.9 Å². The van der Waals surface area contributed by atoms with Crippen molar-refractivity contribution in [3.63, 3.8) is 0 Å². The number of anilines is 1. The normalized spacial score (nSPS) is 13.9. The van der Waals surface area contributed by atoms with Crippen molar-refractivity contribution in [1.82, 2.24) is 4.98 Å². The summed E-state index contributed by atoms with van der Waals surface area (Å²) in [5.41, 5.74) is 0.425. The molecular formula is C13H16N2O4. The van der Waals surface area contributed by atoms with Crippen LogP contribution >= 0.6 is 0 Å². The third-order valence-electron chi connectivity index (χ3n) is 3.02. The molecule has 0 aromatic carbocycles. The number of carbonyl (C=O) groups excluding carboxylic acids is 1. The molecule has 0 atom stereocenters. The largest absolute Gasteiger partial charge is 0.481 e. The van der Waals surface area contributed by atoms with Crippen molar-refractivity contribution in [3.8, 4) is 0 Å². The minimum absolute atomic E-state index is 0.0562. The number of carboxylic acid groups (broad SMARTS) is 1. The van der Waals surface area contributed by atoms with Crippen molar-refractivity contribution in [2.45, 2.75) is 25.3 Å². The lowest BCUT2D eigenvalue weighted by molar-refractivity contribution is -0.136. The summed E-state index contributed by atoms with van der Waals surface area (Å²) in [7, 11) is 1.32. The smallest absolute Gasteiger partial charge is 0.338 e. The first-order valence-electron chi connectivity index (χ1n) is 6.14. The van der Waals surface area contributed by atoms with Gasteiger partial charge in [0.25, 0.3) is 0 Å². The number of carbonyl (C=O) groups is 2. The molecule has 0 amide bonds. The van der Waals surface area contributed by atoms with E-state index in [1.54, 1.807) is 12.1 Å². The number of pyridine rings is 1. The summed E-state index contributed by atoms with van der Waals surface area (Å²) in [6.45, 7) is 0.400. The third kappa shape index (κ3) is 3.43. The molecule has 0 bridgehead atoms.